The first-order valence-electron chi connectivity index (χ1n) is 8.06. The zero-order valence-electron chi connectivity index (χ0n) is 14.8. The van der Waals surface area contributed by atoms with Crippen molar-refractivity contribution in [3.05, 3.63) is 59.3 Å². The molecule has 0 saturated carbocycles. The number of anilines is 1. The van der Waals surface area contributed by atoms with Crippen molar-refractivity contribution in [2.45, 2.75) is 32.8 Å². The summed E-state index contributed by atoms with van der Waals surface area (Å²) in [5.74, 6) is -1.29. The third-order valence-corrected chi connectivity index (χ3v) is 3.42. The van der Waals surface area contributed by atoms with Gasteiger partial charge in [0.1, 0.15) is 17.2 Å². The van der Waals surface area contributed by atoms with Crippen LogP contribution in [0.1, 0.15) is 36.7 Å². The summed E-state index contributed by atoms with van der Waals surface area (Å²) in [6.07, 6.45) is 0.0473. The number of pyridine rings is 1. The number of benzene rings is 1. The van der Waals surface area contributed by atoms with Gasteiger partial charge in [-0.05, 0) is 57.0 Å². The number of carbonyl (C=O) groups is 2. The minimum Gasteiger partial charge on any atom is -0.443 e. The first-order valence-corrected chi connectivity index (χ1v) is 8.06. The number of carbonyl (C=O) groups excluding carboxylic acids is 2. The van der Waals surface area contributed by atoms with Crippen molar-refractivity contribution in [2.75, 3.05) is 11.4 Å². The lowest BCUT2D eigenvalue weighted by Gasteiger charge is -2.27. The third-order valence-electron chi connectivity index (χ3n) is 3.42. The van der Waals surface area contributed by atoms with E-state index in [1.807, 2.05) is 0 Å². The summed E-state index contributed by atoms with van der Waals surface area (Å²) in [6, 6.07) is 8.48. The molecule has 0 fully saturated rings. The maximum atomic E-state index is 13.9. The lowest BCUT2D eigenvalue weighted by atomic mass is 10.1. The molecule has 138 valence electrons. The van der Waals surface area contributed by atoms with Crippen LogP contribution in [0.15, 0.2) is 36.4 Å². The number of rotatable bonds is 5. The van der Waals surface area contributed by atoms with Gasteiger partial charge in [0.25, 0.3) is 0 Å². The van der Waals surface area contributed by atoms with Gasteiger partial charge in [0.15, 0.2) is 6.29 Å². The number of ether oxygens (including phenoxy) is 1. The molecule has 0 unspecified atom stereocenters. The van der Waals surface area contributed by atoms with E-state index in [0.29, 0.717) is 12.7 Å². The number of halogens is 2. The number of nitrogens with zero attached hydrogens (tertiary/aromatic N) is 2. The molecule has 0 N–H and O–H groups in total. The average molecular weight is 362 g/mol. The van der Waals surface area contributed by atoms with Gasteiger partial charge in [-0.15, -0.1) is 0 Å². The molecule has 0 aliphatic rings. The SMILES string of the molecule is CC(C)(C)OC(=O)N(CCc1ccc(F)cc1)c1ccc(C=O)c(F)n1. The second-order valence-electron chi connectivity index (χ2n) is 6.68. The summed E-state index contributed by atoms with van der Waals surface area (Å²) in [5, 5.41) is 0. The monoisotopic (exact) mass is 362 g/mol. The number of hydrogen-bond donors (Lipinski definition) is 0. The van der Waals surface area contributed by atoms with Crippen LogP contribution in [0, 0.1) is 11.8 Å². The molecule has 1 aromatic carbocycles. The number of aldehydes is 1. The minimum atomic E-state index is -0.965. The lowest BCUT2D eigenvalue weighted by molar-refractivity contribution is 0.0579. The summed E-state index contributed by atoms with van der Waals surface area (Å²) in [7, 11) is 0. The Hall–Kier alpha value is -2.83. The molecule has 26 heavy (non-hydrogen) atoms. The van der Waals surface area contributed by atoms with Crippen molar-refractivity contribution >= 4 is 18.2 Å². The van der Waals surface area contributed by atoms with E-state index in [0.717, 1.165) is 5.56 Å². The van der Waals surface area contributed by atoms with E-state index in [-0.39, 0.29) is 23.7 Å². The highest BCUT2D eigenvalue weighted by molar-refractivity contribution is 5.87. The van der Waals surface area contributed by atoms with Crippen molar-refractivity contribution < 1.29 is 23.1 Å². The maximum absolute atomic E-state index is 13.9. The quantitative estimate of drug-likeness (QED) is 0.592. The van der Waals surface area contributed by atoms with Gasteiger partial charge in [0, 0.05) is 6.54 Å². The van der Waals surface area contributed by atoms with E-state index in [1.165, 1.54) is 29.2 Å². The van der Waals surface area contributed by atoms with Crippen LogP contribution >= 0.6 is 0 Å². The molecular weight excluding hydrogens is 342 g/mol. The molecule has 1 heterocycles. The smallest absolute Gasteiger partial charge is 0.416 e. The maximum Gasteiger partial charge on any atom is 0.416 e. The number of aromatic nitrogens is 1. The van der Waals surface area contributed by atoms with Crippen LogP contribution in [0.5, 0.6) is 0 Å². The molecule has 0 aliphatic carbocycles. The zero-order valence-corrected chi connectivity index (χ0v) is 14.8. The van der Waals surface area contributed by atoms with Gasteiger partial charge >= 0.3 is 6.09 Å². The highest BCUT2D eigenvalue weighted by atomic mass is 19.1. The molecule has 0 radical (unpaired) electrons. The van der Waals surface area contributed by atoms with Gasteiger partial charge in [-0.25, -0.2) is 14.2 Å². The molecule has 0 spiro atoms. The van der Waals surface area contributed by atoms with Gasteiger partial charge in [-0.3, -0.25) is 9.69 Å². The zero-order chi connectivity index (χ0) is 19.3. The van der Waals surface area contributed by atoms with Gasteiger partial charge in [0.2, 0.25) is 5.95 Å². The molecule has 0 aliphatic heterocycles. The van der Waals surface area contributed by atoms with Crippen molar-refractivity contribution in [1.29, 1.82) is 0 Å². The van der Waals surface area contributed by atoms with E-state index >= 15 is 0 Å². The Labute approximate surface area is 150 Å². The molecule has 7 heteroatoms. The van der Waals surface area contributed by atoms with Crippen molar-refractivity contribution in [3.63, 3.8) is 0 Å². The van der Waals surface area contributed by atoms with Crippen LogP contribution in [0.3, 0.4) is 0 Å². The van der Waals surface area contributed by atoms with Crippen LogP contribution in [0.4, 0.5) is 19.4 Å². The molecule has 2 aromatic rings. The molecule has 0 bridgehead atoms. The Morgan fingerprint density at radius 1 is 1.15 bits per heavy atom. The fraction of sp³-hybridized carbons (Fsp3) is 0.316. The van der Waals surface area contributed by atoms with E-state index in [4.69, 9.17) is 4.74 Å². The largest absolute Gasteiger partial charge is 0.443 e. The van der Waals surface area contributed by atoms with Crippen LogP contribution in [0.25, 0.3) is 0 Å². The molecule has 1 aromatic heterocycles. The minimum absolute atomic E-state index is 0.0319. The third kappa shape index (κ3) is 5.34. The standard InChI is InChI=1S/C19H20F2N2O3/c1-19(2,3)26-18(25)23(11-10-13-4-7-15(20)8-5-13)16-9-6-14(12-24)17(21)22-16/h4-9,12H,10-11H2,1-3H3. The first kappa shape index (κ1) is 19.5. The summed E-state index contributed by atoms with van der Waals surface area (Å²) in [5.41, 5.74) is -0.145. The lowest BCUT2D eigenvalue weighted by Crippen LogP contribution is -2.38. The second kappa shape index (κ2) is 8.03. The van der Waals surface area contributed by atoms with Crippen LogP contribution < -0.4 is 4.90 Å². The van der Waals surface area contributed by atoms with Crippen molar-refractivity contribution in [1.82, 2.24) is 4.98 Å². The fourth-order valence-corrected chi connectivity index (χ4v) is 2.18. The Kier molecular flexibility index (Phi) is 6.02. The molecule has 0 saturated heterocycles. The van der Waals surface area contributed by atoms with Crippen LogP contribution in [-0.2, 0) is 11.2 Å². The number of hydrogen-bond acceptors (Lipinski definition) is 4. The van der Waals surface area contributed by atoms with E-state index in [9.17, 15) is 18.4 Å². The highest BCUT2D eigenvalue weighted by Crippen LogP contribution is 2.19. The number of amides is 1. The summed E-state index contributed by atoms with van der Waals surface area (Å²) in [4.78, 5) is 28.1. The summed E-state index contributed by atoms with van der Waals surface area (Å²) in [6.45, 7) is 5.29. The van der Waals surface area contributed by atoms with E-state index < -0.39 is 17.6 Å². The fourth-order valence-electron chi connectivity index (χ4n) is 2.18. The topological polar surface area (TPSA) is 59.5 Å². The Morgan fingerprint density at radius 2 is 1.81 bits per heavy atom. The molecule has 0 atom stereocenters. The molecule has 5 nitrogen and oxygen atoms in total. The summed E-state index contributed by atoms with van der Waals surface area (Å²) < 4.78 is 32.2. The first-order chi connectivity index (χ1) is 12.2. The summed E-state index contributed by atoms with van der Waals surface area (Å²) >= 11 is 0. The van der Waals surface area contributed by atoms with E-state index in [1.54, 1.807) is 32.9 Å². The van der Waals surface area contributed by atoms with Crippen LogP contribution in [0.2, 0.25) is 0 Å². The Balaban J connectivity index is 2.26. The predicted molar refractivity (Wildman–Crippen MR) is 93.3 cm³/mol. The van der Waals surface area contributed by atoms with Gasteiger partial charge < -0.3 is 4.74 Å². The molecular formula is C19H20F2N2O3. The van der Waals surface area contributed by atoms with Gasteiger partial charge in [0.05, 0.1) is 5.56 Å². The van der Waals surface area contributed by atoms with Crippen molar-refractivity contribution in [2.24, 2.45) is 0 Å². The van der Waals surface area contributed by atoms with Crippen molar-refractivity contribution in [3.8, 4) is 0 Å². The predicted octanol–water partition coefficient (Wildman–Crippen LogP) is 4.16. The van der Waals surface area contributed by atoms with Gasteiger partial charge in [-0.2, -0.15) is 4.39 Å². The second-order valence-corrected chi connectivity index (χ2v) is 6.68. The Bertz CT molecular complexity index is 786. The Morgan fingerprint density at radius 3 is 2.35 bits per heavy atom. The van der Waals surface area contributed by atoms with Crippen LogP contribution in [-0.4, -0.2) is 29.5 Å². The van der Waals surface area contributed by atoms with E-state index in [2.05, 4.69) is 4.98 Å². The molecule has 1 amide bonds. The molecule has 2 rings (SSSR count). The highest BCUT2D eigenvalue weighted by Gasteiger charge is 2.25. The normalized spacial score (nSPS) is 11.1. The van der Waals surface area contributed by atoms with Gasteiger partial charge in [-0.1, -0.05) is 12.1 Å². The average Bonchev–Trinajstić information content (AvgIpc) is 2.55.